The SMILES string of the molecule is CCc1ccc2oc(CNCC(C)C)cc2c1. The first-order valence-corrected chi connectivity index (χ1v) is 6.41. The molecule has 1 N–H and O–H groups in total. The molecule has 0 radical (unpaired) electrons. The molecule has 1 aromatic carbocycles. The molecule has 17 heavy (non-hydrogen) atoms. The van der Waals surface area contributed by atoms with E-state index in [-0.39, 0.29) is 0 Å². The van der Waals surface area contributed by atoms with Crippen LogP contribution in [-0.2, 0) is 13.0 Å². The third-order valence-corrected chi connectivity index (χ3v) is 2.89. The summed E-state index contributed by atoms with van der Waals surface area (Å²) in [6.45, 7) is 8.43. The Bertz CT molecular complexity index is 485. The zero-order chi connectivity index (χ0) is 12.3. The number of benzene rings is 1. The van der Waals surface area contributed by atoms with Crippen molar-refractivity contribution in [3.8, 4) is 0 Å². The summed E-state index contributed by atoms with van der Waals surface area (Å²) in [7, 11) is 0. The molecule has 0 amide bonds. The zero-order valence-electron chi connectivity index (χ0n) is 10.9. The standard InChI is InChI=1S/C15H21NO/c1-4-12-5-6-15-13(7-12)8-14(17-15)10-16-9-11(2)3/h5-8,11,16H,4,9-10H2,1-3H3. The van der Waals surface area contributed by atoms with E-state index in [1.54, 1.807) is 0 Å². The topological polar surface area (TPSA) is 25.2 Å². The molecule has 0 atom stereocenters. The van der Waals surface area contributed by atoms with Crippen molar-refractivity contribution in [1.82, 2.24) is 5.32 Å². The lowest BCUT2D eigenvalue weighted by Gasteiger charge is -2.04. The second kappa shape index (κ2) is 5.37. The van der Waals surface area contributed by atoms with Gasteiger partial charge < -0.3 is 9.73 Å². The van der Waals surface area contributed by atoms with Crippen LogP contribution in [-0.4, -0.2) is 6.54 Å². The van der Waals surface area contributed by atoms with Crippen LogP contribution in [0.5, 0.6) is 0 Å². The molecule has 1 heterocycles. The van der Waals surface area contributed by atoms with Gasteiger partial charge in [-0.15, -0.1) is 0 Å². The molecule has 1 aromatic heterocycles. The Hall–Kier alpha value is -1.28. The first-order chi connectivity index (χ1) is 8.19. The van der Waals surface area contributed by atoms with Crippen molar-refractivity contribution >= 4 is 11.0 Å². The van der Waals surface area contributed by atoms with Gasteiger partial charge in [0.15, 0.2) is 0 Å². The van der Waals surface area contributed by atoms with E-state index in [1.165, 1.54) is 10.9 Å². The zero-order valence-corrected chi connectivity index (χ0v) is 10.9. The molecule has 0 fully saturated rings. The van der Waals surface area contributed by atoms with Gasteiger partial charge in [-0.05, 0) is 42.6 Å². The number of nitrogens with one attached hydrogen (secondary N) is 1. The van der Waals surface area contributed by atoms with Gasteiger partial charge in [0.25, 0.3) is 0 Å². The number of hydrogen-bond acceptors (Lipinski definition) is 2. The van der Waals surface area contributed by atoms with Crippen molar-refractivity contribution in [1.29, 1.82) is 0 Å². The molecule has 0 aliphatic rings. The summed E-state index contributed by atoms with van der Waals surface area (Å²) in [5.41, 5.74) is 2.35. The largest absolute Gasteiger partial charge is 0.460 e. The quantitative estimate of drug-likeness (QED) is 0.848. The third kappa shape index (κ3) is 3.10. The van der Waals surface area contributed by atoms with Gasteiger partial charge in [0.2, 0.25) is 0 Å². The van der Waals surface area contributed by atoms with Crippen LogP contribution >= 0.6 is 0 Å². The lowest BCUT2D eigenvalue weighted by atomic mass is 10.1. The summed E-state index contributed by atoms with van der Waals surface area (Å²) >= 11 is 0. The molecule has 0 spiro atoms. The summed E-state index contributed by atoms with van der Waals surface area (Å²) in [6.07, 6.45) is 1.07. The van der Waals surface area contributed by atoms with E-state index in [0.29, 0.717) is 5.92 Å². The number of furan rings is 1. The summed E-state index contributed by atoms with van der Waals surface area (Å²) in [5, 5.41) is 4.61. The van der Waals surface area contributed by atoms with Crippen LogP contribution in [0.1, 0.15) is 32.1 Å². The monoisotopic (exact) mass is 231 g/mol. The predicted molar refractivity (Wildman–Crippen MR) is 72.1 cm³/mol. The molecular weight excluding hydrogens is 210 g/mol. The molecule has 92 valence electrons. The summed E-state index contributed by atoms with van der Waals surface area (Å²) in [4.78, 5) is 0. The molecule has 0 saturated heterocycles. The Morgan fingerprint density at radius 3 is 2.76 bits per heavy atom. The Morgan fingerprint density at radius 1 is 1.24 bits per heavy atom. The maximum absolute atomic E-state index is 5.79. The lowest BCUT2D eigenvalue weighted by molar-refractivity contribution is 0.485. The Kier molecular flexibility index (Phi) is 3.85. The normalized spacial score (nSPS) is 11.5. The van der Waals surface area contributed by atoms with Crippen LogP contribution in [0.25, 0.3) is 11.0 Å². The van der Waals surface area contributed by atoms with E-state index in [9.17, 15) is 0 Å². The molecule has 0 bridgehead atoms. The van der Waals surface area contributed by atoms with Crippen LogP contribution in [0.15, 0.2) is 28.7 Å². The molecule has 2 rings (SSSR count). The second-order valence-electron chi connectivity index (χ2n) is 4.96. The molecule has 2 aromatic rings. The van der Waals surface area contributed by atoms with Gasteiger partial charge >= 0.3 is 0 Å². The number of rotatable bonds is 5. The van der Waals surface area contributed by atoms with Crippen LogP contribution in [0.3, 0.4) is 0 Å². The summed E-state index contributed by atoms with van der Waals surface area (Å²) < 4.78 is 5.79. The minimum atomic E-state index is 0.672. The number of fused-ring (bicyclic) bond motifs is 1. The molecule has 2 nitrogen and oxygen atoms in total. The van der Waals surface area contributed by atoms with Gasteiger partial charge in [-0.25, -0.2) is 0 Å². The number of hydrogen-bond donors (Lipinski definition) is 1. The highest BCUT2D eigenvalue weighted by Crippen LogP contribution is 2.21. The average Bonchev–Trinajstić information content (AvgIpc) is 2.69. The van der Waals surface area contributed by atoms with Crippen molar-refractivity contribution < 1.29 is 4.42 Å². The Morgan fingerprint density at radius 2 is 2.06 bits per heavy atom. The van der Waals surface area contributed by atoms with Crippen LogP contribution in [0, 0.1) is 5.92 Å². The van der Waals surface area contributed by atoms with Crippen molar-refractivity contribution in [3.63, 3.8) is 0 Å². The molecule has 0 aliphatic carbocycles. The van der Waals surface area contributed by atoms with Gasteiger partial charge in [0, 0.05) is 5.39 Å². The van der Waals surface area contributed by atoms with E-state index in [4.69, 9.17) is 4.42 Å². The van der Waals surface area contributed by atoms with Crippen molar-refractivity contribution in [3.05, 3.63) is 35.6 Å². The number of aryl methyl sites for hydroxylation is 1. The highest BCUT2D eigenvalue weighted by Gasteiger charge is 2.04. The van der Waals surface area contributed by atoms with Gasteiger partial charge in [-0.1, -0.05) is 26.8 Å². The van der Waals surface area contributed by atoms with Crippen LogP contribution in [0.2, 0.25) is 0 Å². The highest BCUT2D eigenvalue weighted by atomic mass is 16.3. The Balaban J connectivity index is 2.09. The van der Waals surface area contributed by atoms with E-state index in [0.717, 1.165) is 30.9 Å². The van der Waals surface area contributed by atoms with E-state index in [1.807, 2.05) is 0 Å². The minimum absolute atomic E-state index is 0.672. The summed E-state index contributed by atoms with van der Waals surface area (Å²) in [5.74, 6) is 1.69. The minimum Gasteiger partial charge on any atom is -0.460 e. The lowest BCUT2D eigenvalue weighted by Crippen LogP contribution is -2.18. The van der Waals surface area contributed by atoms with Gasteiger partial charge in [-0.2, -0.15) is 0 Å². The van der Waals surface area contributed by atoms with Gasteiger partial charge in [0.1, 0.15) is 11.3 Å². The molecule has 0 aliphatic heterocycles. The molecular formula is C15H21NO. The second-order valence-corrected chi connectivity index (χ2v) is 4.96. The van der Waals surface area contributed by atoms with Crippen LogP contribution in [0.4, 0.5) is 0 Å². The fraction of sp³-hybridized carbons (Fsp3) is 0.467. The van der Waals surface area contributed by atoms with Crippen LogP contribution < -0.4 is 5.32 Å². The van der Waals surface area contributed by atoms with E-state index >= 15 is 0 Å². The van der Waals surface area contributed by atoms with Crippen molar-refractivity contribution in [2.24, 2.45) is 5.92 Å². The van der Waals surface area contributed by atoms with Gasteiger partial charge in [-0.3, -0.25) is 0 Å². The maximum atomic E-state index is 5.79. The maximum Gasteiger partial charge on any atom is 0.134 e. The molecule has 0 unspecified atom stereocenters. The molecule has 2 heteroatoms. The van der Waals surface area contributed by atoms with E-state index < -0.39 is 0 Å². The van der Waals surface area contributed by atoms with Crippen molar-refractivity contribution in [2.45, 2.75) is 33.7 Å². The first-order valence-electron chi connectivity index (χ1n) is 6.41. The predicted octanol–water partition coefficient (Wildman–Crippen LogP) is 3.74. The fourth-order valence-electron chi connectivity index (χ4n) is 1.94. The first kappa shape index (κ1) is 12.2. The van der Waals surface area contributed by atoms with Crippen molar-refractivity contribution in [2.75, 3.05) is 6.54 Å². The van der Waals surface area contributed by atoms with Gasteiger partial charge in [0.05, 0.1) is 6.54 Å². The highest BCUT2D eigenvalue weighted by molar-refractivity contribution is 5.78. The van der Waals surface area contributed by atoms with E-state index in [2.05, 4.69) is 50.4 Å². The fourth-order valence-corrected chi connectivity index (χ4v) is 1.94. The third-order valence-electron chi connectivity index (χ3n) is 2.89. The Labute approximate surface area is 103 Å². The molecule has 0 saturated carbocycles. The average molecular weight is 231 g/mol. The summed E-state index contributed by atoms with van der Waals surface area (Å²) in [6, 6.07) is 8.56. The smallest absolute Gasteiger partial charge is 0.134 e.